The molecule has 4 rings (SSSR count). The van der Waals surface area contributed by atoms with Crippen molar-refractivity contribution in [3.63, 3.8) is 0 Å². The van der Waals surface area contributed by atoms with Gasteiger partial charge < -0.3 is 24.3 Å². The molecule has 1 aromatic heterocycles. The van der Waals surface area contributed by atoms with Crippen molar-refractivity contribution in [1.82, 2.24) is 4.98 Å². The van der Waals surface area contributed by atoms with E-state index in [0.717, 1.165) is 10.3 Å². The number of benzene rings is 3. The van der Waals surface area contributed by atoms with Gasteiger partial charge in [0.1, 0.15) is 33.2 Å². The smallest absolute Gasteiger partial charge is 0.188 e. The Morgan fingerprint density at radius 1 is 0.919 bits per heavy atom. The van der Waals surface area contributed by atoms with Crippen molar-refractivity contribution >= 4 is 36.5 Å². The van der Waals surface area contributed by atoms with Crippen molar-refractivity contribution in [1.29, 1.82) is 0 Å². The first-order valence-corrected chi connectivity index (χ1v) is 13.9. The molecule has 37 heavy (non-hydrogen) atoms. The van der Waals surface area contributed by atoms with Gasteiger partial charge in [-0.2, -0.15) is 0 Å². The standard InChI is InChI=1S/C27H28N2O6S2/c1-6-37(30,31)21-13-7-18(8-14-21)25(35-20-11-9-19(32-3)10-12-20)17(2)28-27-29-24-22(33-4)15-16-23(34-5)26(24)36-27/h7-16,25H,2,6H2,1,3-5H3,(H,28,29). The molecule has 4 aromatic rings. The molecule has 0 aliphatic heterocycles. The third kappa shape index (κ3) is 5.65. The van der Waals surface area contributed by atoms with E-state index < -0.39 is 15.9 Å². The highest BCUT2D eigenvalue weighted by Gasteiger charge is 2.22. The number of hydrogen-bond donors (Lipinski definition) is 1. The van der Waals surface area contributed by atoms with Gasteiger partial charge >= 0.3 is 0 Å². The van der Waals surface area contributed by atoms with E-state index in [1.165, 1.54) is 11.3 Å². The second kappa shape index (κ2) is 11.1. The van der Waals surface area contributed by atoms with Gasteiger partial charge in [0.05, 0.1) is 37.7 Å². The van der Waals surface area contributed by atoms with Crippen LogP contribution in [0.3, 0.4) is 0 Å². The number of ether oxygens (including phenoxy) is 4. The van der Waals surface area contributed by atoms with Crippen molar-refractivity contribution in [2.75, 3.05) is 32.4 Å². The summed E-state index contributed by atoms with van der Waals surface area (Å²) in [6.07, 6.45) is -0.650. The number of aromatic nitrogens is 1. The van der Waals surface area contributed by atoms with Crippen LogP contribution < -0.4 is 24.3 Å². The number of sulfone groups is 1. The van der Waals surface area contributed by atoms with Crippen molar-refractivity contribution < 1.29 is 27.4 Å². The molecule has 0 saturated heterocycles. The minimum absolute atomic E-state index is 0.0247. The highest BCUT2D eigenvalue weighted by molar-refractivity contribution is 7.91. The van der Waals surface area contributed by atoms with Gasteiger partial charge in [0.2, 0.25) is 0 Å². The first kappa shape index (κ1) is 26.3. The number of anilines is 1. The fraction of sp³-hybridized carbons (Fsp3) is 0.222. The molecule has 8 nitrogen and oxygen atoms in total. The van der Waals surface area contributed by atoms with E-state index in [1.807, 2.05) is 6.07 Å². The van der Waals surface area contributed by atoms with Crippen LogP contribution in [0.15, 0.2) is 77.8 Å². The Morgan fingerprint density at radius 3 is 2.14 bits per heavy atom. The number of rotatable bonds is 11. The molecule has 1 unspecified atom stereocenters. The Morgan fingerprint density at radius 2 is 1.54 bits per heavy atom. The minimum atomic E-state index is -3.33. The lowest BCUT2D eigenvalue weighted by atomic mass is 10.1. The van der Waals surface area contributed by atoms with Gasteiger partial charge in [0, 0.05) is 0 Å². The average molecular weight is 541 g/mol. The lowest BCUT2D eigenvalue weighted by molar-refractivity contribution is 0.244. The Labute approximate surface area is 220 Å². The van der Waals surface area contributed by atoms with Crippen LogP contribution in [-0.4, -0.2) is 40.5 Å². The fourth-order valence-corrected chi connectivity index (χ4v) is 5.58. The molecule has 3 aromatic carbocycles. The number of nitrogens with zero attached hydrogens (tertiary/aromatic N) is 1. The monoisotopic (exact) mass is 540 g/mol. The Balaban J connectivity index is 1.68. The lowest BCUT2D eigenvalue weighted by Gasteiger charge is -2.22. The van der Waals surface area contributed by atoms with Crippen molar-refractivity contribution in [3.8, 4) is 23.0 Å². The van der Waals surface area contributed by atoms with E-state index in [0.29, 0.717) is 39.3 Å². The lowest BCUT2D eigenvalue weighted by Crippen LogP contribution is -2.16. The van der Waals surface area contributed by atoms with Crippen LogP contribution in [0.1, 0.15) is 18.6 Å². The molecular weight excluding hydrogens is 512 g/mol. The van der Waals surface area contributed by atoms with Crippen molar-refractivity contribution in [2.24, 2.45) is 0 Å². The zero-order chi connectivity index (χ0) is 26.6. The van der Waals surface area contributed by atoms with Gasteiger partial charge in [-0.25, -0.2) is 13.4 Å². The van der Waals surface area contributed by atoms with Crippen molar-refractivity contribution in [3.05, 3.63) is 78.5 Å². The third-order valence-electron chi connectivity index (χ3n) is 5.73. The molecule has 0 amide bonds. The van der Waals surface area contributed by atoms with E-state index in [2.05, 4.69) is 16.9 Å². The highest BCUT2D eigenvalue weighted by atomic mass is 32.2. The SMILES string of the molecule is C=C(Nc1nc2c(OC)ccc(OC)c2s1)C(Oc1ccc(OC)cc1)c1ccc(S(=O)(=O)CC)cc1. The molecule has 1 heterocycles. The van der Waals surface area contributed by atoms with Gasteiger partial charge in [0.25, 0.3) is 0 Å². The zero-order valence-electron chi connectivity index (χ0n) is 21.0. The largest absolute Gasteiger partial charge is 0.497 e. The number of methoxy groups -OCH3 is 3. The number of thiazole rings is 1. The van der Waals surface area contributed by atoms with Gasteiger partial charge in [-0.05, 0) is 54.1 Å². The van der Waals surface area contributed by atoms with Crippen LogP contribution in [0.5, 0.6) is 23.0 Å². The molecule has 0 radical (unpaired) electrons. The number of nitrogens with one attached hydrogen (secondary N) is 1. The Bertz CT molecular complexity index is 1460. The Hall–Kier alpha value is -3.76. The average Bonchev–Trinajstić information content (AvgIpc) is 3.35. The first-order chi connectivity index (χ1) is 17.8. The van der Waals surface area contributed by atoms with E-state index >= 15 is 0 Å². The predicted octanol–water partition coefficient (Wildman–Crippen LogP) is 5.86. The molecule has 0 aliphatic rings. The summed E-state index contributed by atoms with van der Waals surface area (Å²) in [7, 11) is 1.46. The van der Waals surface area contributed by atoms with Crippen molar-refractivity contribution in [2.45, 2.75) is 17.9 Å². The molecule has 0 aliphatic carbocycles. The third-order valence-corrected chi connectivity index (χ3v) is 8.47. The quantitative estimate of drug-likeness (QED) is 0.253. The van der Waals surface area contributed by atoms with Gasteiger partial charge in [-0.15, -0.1) is 0 Å². The second-order valence-electron chi connectivity index (χ2n) is 7.96. The zero-order valence-corrected chi connectivity index (χ0v) is 22.6. The number of hydrogen-bond acceptors (Lipinski definition) is 9. The first-order valence-electron chi connectivity index (χ1n) is 11.4. The molecule has 10 heteroatoms. The molecular formula is C27H28N2O6S2. The molecule has 1 N–H and O–H groups in total. The van der Waals surface area contributed by atoms with Crippen LogP contribution in [0.4, 0.5) is 5.13 Å². The maximum absolute atomic E-state index is 12.3. The summed E-state index contributed by atoms with van der Waals surface area (Å²) in [6.45, 7) is 5.84. The highest BCUT2D eigenvalue weighted by Crippen LogP contribution is 2.40. The summed E-state index contributed by atoms with van der Waals surface area (Å²) in [6, 6.07) is 17.4. The van der Waals surface area contributed by atoms with Crippen LogP contribution in [0.25, 0.3) is 10.2 Å². The minimum Gasteiger partial charge on any atom is -0.497 e. The normalized spacial score (nSPS) is 12.1. The maximum Gasteiger partial charge on any atom is 0.188 e. The summed E-state index contributed by atoms with van der Waals surface area (Å²) in [5, 5.41) is 3.85. The summed E-state index contributed by atoms with van der Waals surface area (Å²) in [5.74, 6) is 2.63. The molecule has 0 fully saturated rings. The van der Waals surface area contributed by atoms with Crippen LogP contribution in [0, 0.1) is 0 Å². The second-order valence-corrected chi connectivity index (χ2v) is 11.2. The molecule has 0 bridgehead atoms. The summed E-state index contributed by atoms with van der Waals surface area (Å²) in [5.41, 5.74) is 1.91. The van der Waals surface area contributed by atoms with E-state index in [-0.39, 0.29) is 10.6 Å². The maximum atomic E-state index is 12.3. The van der Waals surface area contributed by atoms with Gasteiger partial charge in [0.15, 0.2) is 21.1 Å². The van der Waals surface area contributed by atoms with Crippen LogP contribution in [-0.2, 0) is 9.84 Å². The number of fused-ring (bicyclic) bond motifs is 1. The Kier molecular flexibility index (Phi) is 7.89. The fourth-order valence-electron chi connectivity index (χ4n) is 3.69. The van der Waals surface area contributed by atoms with E-state index in [1.54, 1.807) is 82.9 Å². The van der Waals surface area contributed by atoms with E-state index in [4.69, 9.17) is 18.9 Å². The molecule has 0 spiro atoms. The summed E-state index contributed by atoms with van der Waals surface area (Å²) in [4.78, 5) is 4.94. The molecule has 194 valence electrons. The summed E-state index contributed by atoms with van der Waals surface area (Å²) >= 11 is 1.40. The van der Waals surface area contributed by atoms with Gasteiger partial charge in [-0.1, -0.05) is 37.0 Å². The van der Waals surface area contributed by atoms with Crippen LogP contribution in [0.2, 0.25) is 0 Å². The molecule has 0 saturated carbocycles. The van der Waals surface area contributed by atoms with Gasteiger partial charge in [-0.3, -0.25) is 0 Å². The van der Waals surface area contributed by atoms with Crippen LogP contribution >= 0.6 is 11.3 Å². The topological polar surface area (TPSA) is 96.0 Å². The van der Waals surface area contributed by atoms with E-state index in [9.17, 15) is 8.42 Å². The summed E-state index contributed by atoms with van der Waals surface area (Å²) < 4.78 is 47.9. The predicted molar refractivity (Wildman–Crippen MR) is 146 cm³/mol. The molecule has 1 atom stereocenters.